The van der Waals surface area contributed by atoms with Crippen molar-refractivity contribution in [3.63, 3.8) is 0 Å². The molecule has 35 heavy (non-hydrogen) atoms. The molecule has 6 nitrogen and oxygen atoms in total. The van der Waals surface area contributed by atoms with Crippen molar-refractivity contribution < 1.29 is 9.53 Å². The molecule has 176 valence electrons. The molecular formula is C28H26N4O2S. The maximum absolute atomic E-state index is 13.8. The molecule has 0 unspecified atom stereocenters. The number of aryl methyl sites for hydroxylation is 3. The second kappa shape index (κ2) is 10.1. The van der Waals surface area contributed by atoms with Crippen LogP contribution in [0, 0.1) is 13.8 Å². The second-order valence-electron chi connectivity index (χ2n) is 8.48. The van der Waals surface area contributed by atoms with Crippen LogP contribution in [-0.4, -0.2) is 27.0 Å². The Labute approximate surface area is 208 Å². The number of ether oxygens (including phenoxy) is 1. The molecule has 0 atom stereocenters. The first-order chi connectivity index (χ1) is 17.1. The van der Waals surface area contributed by atoms with Gasteiger partial charge in [-0.3, -0.25) is 9.69 Å². The maximum Gasteiger partial charge on any atom is 0.260 e. The van der Waals surface area contributed by atoms with Crippen LogP contribution in [0.1, 0.15) is 27.9 Å². The summed E-state index contributed by atoms with van der Waals surface area (Å²) in [6.07, 6.45) is 6.26. The number of nitrogens with zero attached hydrogens (tertiary/aromatic N) is 4. The topological polar surface area (TPSA) is 60.2 Å². The highest BCUT2D eigenvalue weighted by molar-refractivity contribution is 7.22. The lowest BCUT2D eigenvalue weighted by Crippen LogP contribution is -2.32. The van der Waals surface area contributed by atoms with Crippen LogP contribution in [0.15, 0.2) is 85.5 Å². The first-order valence-corrected chi connectivity index (χ1v) is 12.4. The fourth-order valence-electron chi connectivity index (χ4n) is 4.07. The van der Waals surface area contributed by atoms with E-state index in [1.807, 2.05) is 59.3 Å². The Bertz CT molecular complexity index is 1440. The van der Waals surface area contributed by atoms with Crippen LogP contribution < -0.4 is 9.64 Å². The van der Waals surface area contributed by atoms with Crippen LogP contribution in [0.5, 0.6) is 11.5 Å². The zero-order valence-corrected chi connectivity index (χ0v) is 20.5. The van der Waals surface area contributed by atoms with Gasteiger partial charge in [-0.2, -0.15) is 0 Å². The molecule has 7 heteroatoms. The summed E-state index contributed by atoms with van der Waals surface area (Å²) in [5.41, 5.74) is 3.83. The van der Waals surface area contributed by atoms with Crippen molar-refractivity contribution in [3.8, 4) is 11.5 Å². The molecule has 5 rings (SSSR count). The van der Waals surface area contributed by atoms with Gasteiger partial charge in [0.05, 0.1) is 16.5 Å². The Morgan fingerprint density at radius 2 is 1.86 bits per heavy atom. The van der Waals surface area contributed by atoms with E-state index in [4.69, 9.17) is 9.72 Å². The Hall–Kier alpha value is -3.97. The summed E-state index contributed by atoms with van der Waals surface area (Å²) in [4.78, 5) is 24.5. The zero-order chi connectivity index (χ0) is 24.2. The molecule has 0 fully saturated rings. The fraction of sp³-hybridized carbons (Fsp3) is 0.179. The highest BCUT2D eigenvalue weighted by Crippen LogP contribution is 2.33. The van der Waals surface area contributed by atoms with Gasteiger partial charge in [0.15, 0.2) is 5.13 Å². The number of carbonyl (C=O) groups is 1. The lowest BCUT2D eigenvalue weighted by Gasteiger charge is -2.20. The molecule has 0 aliphatic carbocycles. The summed E-state index contributed by atoms with van der Waals surface area (Å²) < 4.78 is 9.09. The van der Waals surface area contributed by atoms with Crippen molar-refractivity contribution in [2.45, 2.75) is 26.8 Å². The van der Waals surface area contributed by atoms with Gasteiger partial charge in [-0.1, -0.05) is 41.7 Å². The van der Waals surface area contributed by atoms with Crippen molar-refractivity contribution in [3.05, 3.63) is 102 Å². The number of aromatic nitrogens is 3. The third-order valence-electron chi connectivity index (χ3n) is 5.70. The summed E-state index contributed by atoms with van der Waals surface area (Å²) in [6.45, 7) is 5.47. The van der Waals surface area contributed by atoms with Crippen LogP contribution in [0.4, 0.5) is 5.13 Å². The number of para-hydroxylation sites is 1. The van der Waals surface area contributed by atoms with Gasteiger partial charge in [0.25, 0.3) is 5.91 Å². The SMILES string of the molecule is Cc1cc(C)c2sc(N(CCCn3ccnc3)C(=O)c3cccc(Oc4ccccc4)c3)nc2c1. The molecular weight excluding hydrogens is 456 g/mol. The average Bonchev–Trinajstić information content (AvgIpc) is 3.52. The van der Waals surface area contributed by atoms with Crippen molar-refractivity contribution in [1.82, 2.24) is 14.5 Å². The number of benzene rings is 3. The quantitative estimate of drug-likeness (QED) is 0.249. The minimum absolute atomic E-state index is 0.0948. The van der Waals surface area contributed by atoms with Gasteiger partial charge in [-0.05, 0) is 67.8 Å². The Morgan fingerprint density at radius 3 is 2.66 bits per heavy atom. The monoisotopic (exact) mass is 482 g/mol. The fourth-order valence-corrected chi connectivity index (χ4v) is 5.11. The van der Waals surface area contributed by atoms with E-state index in [9.17, 15) is 4.79 Å². The first-order valence-electron chi connectivity index (χ1n) is 11.6. The van der Waals surface area contributed by atoms with Gasteiger partial charge in [0, 0.05) is 31.0 Å². The number of thiazole rings is 1. The molecule has 0 bridgehead atoms. The number of anilines is 1. The molecule has 1 amide bonds. The van der Waals surface area contributed by atoms with Crippen LogP contribution in [0.3, 0.4) is 0 Å². The Balaban J connectivity index is 1.44. The molecule has 2 heterocycles. The average molecular weight is 483 g/mol. The van der Waals surface area contributed by atoms with E-state index in [0.29, 0.717) is 23.0 Å². The lowest BCUT2D eigenvalue weighted by atomic mass is 10.1. The van der Waals surface area contributed by atoms with Gasteiger partial charge < -0.3 is 9.30 Å². The third kappa shape index (κ3) is 5.25. The van der Waals surface area contributed by atoms with Gasteiger partial charge in [0.1, 0.15) is 11.5 Å². The zero-order valence-electron chi connectivity index (χ0n) is 19.7. The molecule has 3 aromatic carbocycles. The van der Waals surface area contributed by atoms with Crippen molar-refractivity contribution in [2.75, 3.05) is 11.4 Å². The largest absolute Gasteiger partial charge is 0.457 e. The van der Waals surface area contributed by atoms with E-state index in [-0.39, 0.29) is 5.91 Å². The summed E-state index contributed by atoms with van der Waals surface area (Å²) in [5.74, 6) is 1.25. The molecule has 0 spiro atoms. The molecule has 2 aromatic heterocycles. The van der Waals surface area contributed by atoms with Gasteiger partial charge in [-0.15, -0.1) is 0 Å². The number of hydrogen-bond donors (Lipinski definition) is 0. The number of imidazole rings is 1. The summed E-state index contributed by atoms with van der Waals surface area (Å²) >= 11 is 1.56. The smallest absolute Gasteiger partial charge is 0.260 e. The predicted octanol–water partition coefficient (Wildman–Crippen LogP) is 6.64. The maximum atomic E-state index is 13.8. The molecule has 0 saturated heterocycles. The minimum Gasteiger partial charge on any atom is -0.457 e. The molecule has 0 aliphatic rings. The number of carbonyl (C=O) groups excluding carboxylic acids is 1. The highest BCUT2D eigenvalue weighted by Gasteiger charge is 2.22. The number of rotatable bonds is 8. The Kier molecular flexibility index (Phi) is 6.59. The summed E-state index contributed by atoms with van der Waals surface area (Å²) in [5, 5.41) is 0.707. The molecule has 0 aliphatic heterocycles. The third-order valence-corrected chi connectivity index (χ3v) is 6.93. The predicted molar refractivity (Wildman–Crippen MR) is 141 cm³/mol. The molecule has 5 aromatic rings. The number of amides is 1. The Morgan fingerprint density at radius 1 is 1.03 bits per heavy atom. The summed E-state index contributed by atoms with van der Waals surface area (Å²) in [7, 11) is 0. The van der Waals surface area contributed by atoms with E-state index in [1.54, 1.807) is 34.8 Å². The normalized spacial score (nSPS) is 11.0. The van der Waals surface area contributed by atoms with Gasteiger partial charge in [0.2, 0.25) is 0 Å². The van der Waals surface area contributed by atoms with Crippen LogP contribution in [-0.2, 0) is 6.54 Å². The van der Waals surface area contributed by atoms with Gasteiger partial charge in [-0.25, -0.2) is 9.97 Å². The van der Waals surface area contributed by atoms with Crippen molar-refractivity contribution >= 4 is 32.6 Å². The van der Waals surface area contributed by atoms with Crippen LogP contribution in [0.25, 0.3) is 10.2 Å². The van der Waals surface area contributed by atoms with E-state index in [2.05, 4.69) is 31.0 Å². The van der Waals surface area contributed by atoms with Crippen molar-refractivity contribution in [1.29, 1.82) is 0 Å². The first kappa shape index (κ1) is 22.8. The van der Waals surface area contributed by atoms with Crippen LogP contribution >= 0.6 is 11.3 Å². The van der Waals surface area contributed by atoms with Gasteiger partial charge >= 0.3 is 0 Å². The van der Waals surface area contributed by atoms with Crippen molar-refractivity contribution in [2.24, 2.45) is 0 Å². The molecule has 0 radical (unpaired) electrons. The number of hydrogen-bond acceptors (Lipinski definition) is 5. The lowest BCUT2D eigenvalue weighted by molar-refractivity contribution is 0.0986. The van der Waals surface area contributed by atoms with E-state index >= 15 is 0 Å². The summed E-state index contributed by atoms with van der Waals surface area (Å²) in [6, 6.07) is 21.1. The minimum atomic E-state index is -0.0948. The van der Waals surface area contributed by atoms with E-state index < -0.39 is 0 Å². The van der Waals surface area contributed by atoms with E-state index in [1.165, 1.54) is 5.56 Å². The number of fused-ring (bicyclic) bond motifs is 1. The second-order valence-corrected chi connectivity index (χ2v) is 9.46. The van der Waals surface area contributed by atoms with E-state index in [0.717, 1.165) is 34.5 Å². The highest BCUT2D eigenvalue weighted by atomic mass is 32.1. The standard InChI is InChI=1S/C28H26N4O2S/c1-20-16-21(2)26-25(17-20)30-28(35-26)32(14-7-13-31-15-12-29-19-31)27(33)22-8-6-11-24(18-22)34-23-9-4-3-5-10-23/h3-6,8-12,15-19H,7,13-14H2,1-2H3. The molecule has 0 saturated carbocycles. The molecule has 0 N–H and O–H groups in total. The van der Waals surface area contributed by atoms with Crippen LogP contribution in [0.2, 0.25) is 0 Å².